The molecule has 1 aromatic heterocycles. The van der Waals surface area contributed by atoms with E-state index in [-0.39, 0.29) is 24.1 Å². The number of alkyl halides is 3. The van der Waals surface area contributed by atoms with Gasteiger partial charge in [-0.3, -0.25) is 15.2 Å². The van der Waals surface area contributed by atoms with E-state index < -0.39 is 12.1 Å². The maximum Gasteiger partial charge on any atom is 0.490 e. The predicted molar refractivity (Wildman–Crippen MR) is 107 cm³/mol. The number of anilines is 1. The summed E-state index contributed by atoms with van der Waals surface area (Å²) in [6, 6.07) is 11.0. The quantitative estimate of drug-likeness (QED) is 0.613. The molecule has 0 atom stereocenters. The van der Waals surface area contributed by atoms with E-state index in [0.29, 0.717) is 18.1 Å². The molecule has 0 saturated heterocycles. The van der Waals surface area contributed by atoms with Crippen LogP contribution < -0.4 is 15.2 Å². The molecule has 0 unspecified atom stereocenters. The van der Waals surface area contributed by atoms with Gasteiger partial charge in [0.15, 0.2) is 5.82 Å². The Labute approximate surface area is 182 Å². The standard InChI is InChI=1S/C18H21N5O2.C2HF3O2/c1-13(2)12-23(17-8-9-20-16(11-19)21-17)22-18(24)10-14-6-4-5-7-15(14)25-3;3-2(4,5)1(6)7/h4-9,13H,10,12H2,1-3H3,(H,22,24);(H,6,7). The number of carbonyl (C=O) groups excluding carboxylic acids is 1. The fourth-order valence-corrected chi connectivity index (χ4v) is 2.33. The average Bonchev–Trinajstić information content (AvgIpc) is 2.73. The fraction of sp³-hybridized carbons (Fsp3) is 0.350. The van der Waals surface area contributed by atoms with Gasteiger partial charge in [0.05, 0.1) is 13.5 Å². The van der Waals surface area contributed by atoms with Gasteiger partial charge >= 0.3 is 12.1 Å². The molecule has 9 nitrogen and oxygen atoms in total. The molecule has 0 aliphatic heterocycles. The van der Waals surface area contributed by atoms with Gasteiger partial charge < -0.3 is 9.84 Å². The highest BCUT2D eigenvalue weighted by Crippen LogP contribution is 2.18. The van der Waals surface area contributed by atoms with Gasteiger partial charge in [-0.1, -0.05) is 32.0 Å². The topological polar surface area (TPSA) is 128 Å². The van der Waals surface area contributed by atoms with Crippen LogP contribution >= 0.6 is 0 Å². The molecule has 12 heteroatoms. The number of hydrazine groups is 1. The first-order valence-electron chi connectivity index (χ1n) is 9.20. The molecule has 0 aliphatic carbocycles. The number of hydrogen-bond acceptors (Lipinski definition) is 7. The van der Waals surface area contributed by atoms with Gasteiger partial charge in [0, 0.05) is 24.4 Å². The molecule has 0 fully saturated rings. The number of halogens is 3. The first kappa shape index (κ1) is 26.2. The van der Waals surface area contributed by atoms with E-state index in [0.717, 1.165) is 5.56 Å². The number of nitrogens with one attached hydrogen (secondary N) is 1. The lowest BCUT2D eigenvalue weighted by molar-refractivity contribution is -0.192. The van der Waals surface area contributed by atoms with Gasteiger partial charge in [-0.2, -0.15) is 23.4 Å². The minimum absolute atomic E-state index is 0.0604. The molecule has 1 heterocycles. The lowest BCUT2D eigenvalue weighted by Gasteiger charge is -2.26. The van der Waals surface area contributed by atoms with Gasteiger partial charge in [-0.15, -0.1) is 0 Å². The van der Waals surface area contributed by atoms with Crippen LogP contribution in [0.1, 0.15) is 25.2 Å². The van der Waals surface area contributed by atoms with Crippen LogP contribution in [0.2, 0.25) is 0 Å². The second-order valence-corrected chi connectivity index (χ2v) is 6.68. The van der Waals surface area contributed by atoms with E-state index in [1.165, 1.54) is 6.20 Å². The highest BCUT2D eigenvalue weighted by molar-refractivity contribution is 5.80. The maximum atomic E-state index is 12.5. The summed E-state index contributed by atoms with van der Waals surface area (Å²) in [6.45, 7) is 4.62. The number of methoxy groups -OCH3 is 1. The Bertz CT molecular complexity index is 961. The van der Waals surface area contributed by atoms with Crippen LogP contribution in [0.3, 0.4) is 0 Å². The first-order chi connectivity index (χ1) is 15.0. The molecule has 2 aromatic rings. The van der Waals surface area contributed by atoms with Crippen molar-refractivity contribution in [2.45, 2.75) is 26.4 Å². The molecule has 0 saturated carbocycles. The third kappa shape index (κ3) is 8.86. The summed E-state index contributed by atoms with van der Waals surface area (Å²) < 4.78 is 37.0. The van der Waals surface area contributed by atoms with Gasteiger partial charge in [0.25, 0.3) is 0 Å². The van der Waals surface area contributed by atoms with E-state index in [1.54, 1.807) is 18.2 Å². The average molecular weight is 453 g/mol. The van der Waals surface area contributed by atoms with Crippen LogP contribution in [-0.2, 0) is 16.0 Å². The number of nitriles is 1. The Kier molecular flexibility index (Phi) is 9.88. The number of aromatic nitrogens is 2. The molecular formula is C20H22F3N5O4. The van der Waals surface area contributed by atoms with Crippen molar-refractivity contribution in [2.24, 2.45) is 5.92 Å². The van der Waals surface area contributed by atoms with Crippen molar-refractivity contribution in [3.8, 4) is 11.8 Å². The Morgan fingerprint density at radius 2 is 1.91 bits per heavy atom. The highest BCUT2D eigenvalue weighted by atomic mass is 19.4. The number of rotatable bonds is 7. The Morgan fingerprint density at radius 3 is 2.44 bits per heavy atom. The Hall–Kier alpha value is -3.88. The predicted octanol–water partition coefficient (Wildman–Crippen LogP) is 2.73. The summed E-state index contributed by atoms with van der Waals surface area (Å²) in [4.78, 5) is 29.4. The number of para-hydroxylation sites is 1. The molecule has 0 spiro atoms. The normalized spacial score (nSPS) is 10.4. The van der Waals surface area contributed by atoms with Gasteiger partial charge in [-0.25, -0.2) is 9.78 Å². The van der Waals surface area contributed by atoms with Crippen LogP contribution in [0.5, 0.6) is 5.75 Å². The van der Waals surface area contributed by atoms with Crippen LogP contribution in [0, 0.1) is 17.2 Å². The molecule has 1 amide bonds. The summed E-state index contributed by atoms with van der Waals surface area (Å²) in [7, 11) is 1.58. The molecule has 0 radical (unpaired) electrons. The van der Waals surface area contributed by atoms with Crippen molar-refractivity contribution in [1.82, 2.24) is 15.4 Å². The van der Waals surface area contributed by atoms with Crippen molar-refractivity contribution in [2.75, 3.05) is 18.7 Å². The van der Waals surface area contributed by atoms with E-state index in [1.807, 2.05) is 44.2 Å². The van der Waals surface area contributed by atoms with Gasteiger partial charge in [0.1, 0.15) is 11.8 Å². The van der Waals surface area contributed by atoms with Crippen molar-refractivity contribution < 1.29 is 32.6 Å². The van der Waals surface area contributed by atoms with Crippen molar-refractivity contribution in [3.05, 3.63) is 47.9 Å². The van der Waals surface area contributed by atoms with E-state index >= 15 is 0 Å². The Morgan fingerprint density at radius 1 is 1.28 bits per heavy atom. The molecule has 2 N–H and O–H groups in total. The third-order valence-corrected chi connectivity index (χ3v) is 3.61. The summed E-state index contributed by atoms with van der Waals surface area (Å²) in [5, 5.41) is 17.7. The van der Waals surface area contributed by atoms with Gasteiger partial charge in [-0.05, 0) is 12.0 Å². The molecule has 1 aromatic carbocycles. The number of hydrogen-bond donors (Lipinski definition) is 2. The number of carbonyl (C=O) groups is 2. The molecule has 2 rings (SSSR count). The van der Waals surface area contributed by atoms with Gasteiger partial charge in [0.2, 0.25) is 11.7 Å². The smallest absolute Gasteiger partial charge is 0.490 e. The first-order valence-corrected chi connectivity index (χ1v) is 9.20. The van der Waals surface area contributed by atoms with Crippen molar-refractivity contribution >= 4 is 17.7 Å². The maximum absolute atomic E-state index is 12.5. The lowest BCUT2D eigenvalue weighted by atomic mass is 10.1. The number of carboxylic acids is 1. The highest BCUT2D eigenvalue weighted by Gasteiger charge is 2.38. The van der Waals surface area contributed by atoms with Crippen molar-refractivity contribution in [1.29, 1.82) is 5.26 Å². The summed E-state index contributed by atoms with van der Waals surface area (Å²) in [5.41, 5.74) is 3.65. The molecule has 32 heavy (non-hydrogen) atoms. The monoisotopic (exact) mass is 453 g/mol. The van der Waals surface area contributed by atoms with Crippen LogP contribution in [0.15, 0.2) is 36.5 Å². The minimum Gasteiger partial charge on any atom is -0.496 e. The molecular weight excluding hydrogens is 431 g/mol. The Balaban J connectivity index is 0.000000633. The summed E-state index contributed by atoms with van der Waals surface area (Å²) >= 11 is 0. The van der Waals surface area contributed by atoms with E-state index in [9.17, 15) is 18.0 Å². The minimum atomic E-state index is -5.08. The largest absolute Gasteiger partial charge is 0.496 e. The van der Waals surface area contributed by atoms with Crippen LogP contribution in [-0.4, -0.2) is 46.8 Å². The SMILES string of the molecule is COc1ccccc1CC(=O)NN(CC(C)C)c1ccnc(C#N)n1.O=C(O)C(F)(F)F. The zero-order chi connectivity index (χ0) is 24.3. The number of aliphatic carboxylic acids is 1. The number of nitrogens with zero attached hydrogens (tertiary/aromatic N) is 4. The van der Waals surface area contributed by atoms with E-state index in [4.69, 9.17) is 19.9 Å². The van der Waals surface area contributed by atoms with Crippen LogP contribution in [0.25, 0.3) is 0 Å². The summed E-state index contributed by atoms with van der Waals surface area (Å²) in [6.07, 6.45) is -3.41. The second-order valence-electron chi connectivity index (χ2n) is 6.68. The lowest BCUT2D eigenvalue weighted by Crippen LogP contribution is -2.45. The van der Waals surface area contributed by atoms with Crippen molar-refractivity contribution in [3.63, 3.8) is 0 Å². The zero-order valence-corrected chi connectivity index (χ0v) is 17.6. The zero-order valence-electron chi connectivity index (χ0n) is 17.6. The van der Waals surface area contributed by atoms with E-state index in [2.05, 4.69) is 15.4 Å². The number of amides is 1. The summed E-state index contributed by atoms with van der Waals surface area (Å²) in [5.74, 6) is -1.46. The second kappa shape index (κ2) is 12.1. The third-order valence-electron chi connectivity index (χ3n) is 3.61. The number of carboxylic acid groups (broad SMARTS) is 1. The fourth-order valence-electron chi connectivity index (χ4n) is 2.33. The number of benzene rings is 1. The number of ether oxygens (including phenoxy) is 1. The molecule has 0 aliphatic rings. The molecule has 172 valence electrons. The van der Waals surface area contributed by atoms with Crippen LogP contribution in [0.4, 0.5) is 19.0 Å². The molecule has 0 bridgehead atoms.